The molecule has 5 nitrogen and oxygen atoms in total. The first-order chi connectivity index (χ1) is 12.1. The average molecular weight is 392 g/mol. The van der Waals surface area contributed by atoms with Crippen molar-refractivity contribution in [2.45, 2.75) is 19.5 Å². The van der Waals surface area contributed by atoms with Crippen molar-refractivity contribution in [3.8, 4) is 0 Å². The highest BCUT2D eigenvalue weighted by Crippen LogP contribution is 2.37. The van der Waals surface area contributed by atoms with E-state index in [0.29, 0.717) is 13.1 Å². The first-order valence-corrected chi connectivity index (χ1v) is 8.58. The summed E-state index contributed by atoms with van der Waals surface area (Å²) in [5, 5.41) is -0.432. The van der Waals surface area contributed by atoms with Crippen LogP contribution in [0.15, 0.2) is 18.2 Å². The smallest absolute Gasteiger partial charge is 0.340 e. The third kappa shape index (κ3) is 5.11. The second-order valence-electron chi connectivity index (χ2n) is 6.27. The fourth-order valence-corrected chi connectivity index (χ4v) is 3.01. The number of rotatable bonds is 4. The van der Waals surface area contributed by atoms with Crippen LogP contribution in [0.25, 0.3) is 0 Å². The van der Waals surface area contributed by atoms with Crippen LogP contribution in [-0.4, -0.2) is 61.4 Å². The molecule has 1 saturated heterocycles. The summed E-state index contributed by atoms with van der Waals surface area (Å²) in [6, 6.07) is 3.29. The third-order valence-corrected chi connectivity index (χ3v) is 4.68. The number of carbonyl (C=O) groups is 2. The van der Waals surface area contributed by atoms with Crippen molar-refractivity contribution in [1.29, 1.82) is 0 Å². The number of benzene rings is 1. The second-order valence-corrected chi connectivity index (χ2v) is 6.67. The summed E-state index contributed by atoms with van der Waals surface area (Å²) in [6.07, 6.45) is -4.57. The van der Waals surface area contributed by atoms with E-state index in [4.69, 9.17) is 11.6 Å². The largest absolute Gasteiger partial charge is 0.417 e. The molecule has 2 rings (SSSR count). The van der Waals surface area contributed by atoms with Crippen molar-refractivity contribution >= 4 is 29.1 Å². The summed E-state index contributed by atoms with van der Waals surface area (Å²) in [5.41, 5.74) is -0.936. The van der Waals surface area contributed by atoms with E-state index in [2.05, 4.69) is 4.90 Å². The lowest BCUT2D eigenvalue weighted by Crippen LogP contribution is -2.47. The van der Waals surface area contributed by atoms with Crippen molar-refractivity contribution in [2.24, 2.45) is 0 Å². The van der Waals surface area contributed by atoms with Gasteiger partial charge in [0.2, 0.25) is 11.8 Å². The molecule has 26 heavy (non-hydrogen) atoms. The first-order valence-electron chi connectivity index (χ1n) is 8.20. The van der Waals surface area contributed by atoms with Gasteiger partial charge in [0.1, 0.15) is 0 Å². The van der Waals surface area contributed by atoms with E-state index < -0.39 is 22.7 Å². The Hall–Kier alpha value is -1.80. The van der Waals surface area contributed by atoms with Crippen LogP contribution in [-0.2, 0) is 15.8 Å². The Balaban J connectivity index is 2.10. The van der Waals surface area contributed by atoms with Crippen LogP contribution in [0.2, 0.25) is 5.02 Å². The van der Waals surface area contributed by atoms with E-state index in [-0.39, 0.29) is 24.6 Å². The predicted octanol–water partition coefficient (Wildman–Crippen LogP) is 2.88. The Morgan fingerprint density at radius 2 is 1.81 bits per heavy atom. The lowest BCUT2D eigenvalue weighted by atomic mass is 10.1. The molecule has 0 saturated carbocycles. The van der Waals surface area contributed by atoms with Gasteiger partial charge in [-0.2, -0.15) is 13.2 Å². The zero-order valence-electron chi connectivity index (χ0n) is 14.6. The Morgan fingerprint density at radius 1 is 1.19 bits per heavy atom. The number of alkyl halides is 3. The van der Waals surface area contributed by atoms with Crippen LogP contribution in [0.4, 0.5) is 18.9 Å². The molecule has 0 bridgehead atoms. The molecule has 2 amide bonds. The molecule has 1 fully saturated rings. The van der Waals surface area contributed by atoms with Gasteiger partial charge in [0, 0.05) is 51.8 Å². The molecule has 0 unspecified atom stereocenters. The Labute approximate surface area is 155 Å². The van der Waals surface area contributed by atoms with E-state index in [0.717, 1.165) is 25.2 Å². The lowest BCUT2D eigenvalue weighted by Gasteiger charge is -2.33. The minimum absolute atomic E-state index is 0.0133. The van der Waals surface area contributed by atoms with E-state index in [1.807, 2.05) is 7.05 Å². The number of amides is 2. The molecule has 1 heterocycles. The quantitative estimate of drug-likeness (QED) is 0.792. The maximum absolute atomic E-state index is 13.0. The van der Waals surface area contributed by atoms with Gasteiger partial charge >= 0.3 is 6.18 Å². The second kappa shape index (κ2) is 8.26. The van der Waals surface area contributed by atoms with Crippen LogP contribution in [0.5, 0.6) is 0 Å². The molecule has 1 aliphatic rings. The standard InChI is InChI=1S/C17H21ClF3N3O2/c1-12(25)24(6-5-16(26)23-9-7-22(2)8-10-23)13-3-4-15(18)14(11-13)17(19,20)21/h3-4,11H,5-10H2,1-2H3. The summed E-state index contributed by atoms with van der Waals surface area (Å²) in [7, 11) is 1.97. The third-order valence-electron chi connectivity index (χ3n) is 4.35. The van der Waals surface area contributed by atoms with Crippen LogP contribution >= 0.6 is 11.6 Å². The van der Waals surface area contributed by atoms with E-state index in [1.165, 1.54) is 17.9 Å². The maximum Gasteiger partial charge on any atom is 0.417 e. The molecular weight excluding hydrogens is 371 g/mol. The van der Waals surface area contributed by atoms with E-state index >= 15 is 0 Å². The average Bonchev–Trinajstić information content (AvgIpc) is 2.55. The SMILES string of the molecule is CC(=O)N(CCC(=O)N1CCN(C)CC1)c1ccc(Cl)c(C(F)(F)F)c1. The van der Waals surface area contributed by atoms with Gasteiger partial charge in [0.15, 0.2) is 0 Å². The molecular formula is C17H21ClF3N3O2. The van der Waals surface area contributed by atoms with Crippen molar-refractivity contribution in [2.75, 3.05) is 44.7 Å². The van der Waals surface area contributed by atoms with Crippen LogP contribution in [0, 0.1) is 0 Å². The zero-order chi connectivity index (χ0) is 19.5. The molecule has 0 atom stereocenters. The fourth-order valence-electron chi connectivity index (χ4n) is 2.79. The maximum atomic E-state index is 13.0. The topological polar surface area (TPSA) is 43.9 Å². The number of hydrogen-bond donors (Lipinski definition) is 0. The Bertz CT molecular complexity index is 674. The fraction of sp³-hybridized carbons (Fsp3) is 0.529. The molecule has 0 aromatic heterocycles. The van der Waals surface area contributed by atoms with Gasteiger partial charge in [-0.15, -0.1) is 0 Å². The summed E-state index contributed by atoms with van der Waals surface area (Å²) < 4.78 is 39.1. The number of piperazine rings is 1. The first kappa shape index (κ1) is 20.5. The van der Waals surface area contributed by atoms with Gasteiger partial charge in [-0.25, -0.2) is 0 Å². The molecule has 1 aliphatic heterocycles. The highest BCUT2D eigenvalue weighted by atomic mass is 35.5. The number of nitrogens with zero attached hydrogens (tertiary/aromatic N) is 3. The highest BCUT2D eigenvalue weighted by Gasteiger charge is 2.34. The summed E-state index contributed by atoms with van der Waals surface area (Å²) >= 11 is 5.62. The van der Waals surface area contributed by atoms with Crippen molar-refractivity contribution in [3.05, 3.63) is 28.8 Å². The summed E-state index contributed by atoms with van der Waals surface area (Å²) in [6.45, 7) is 4.02. The van der Waals surface area contributed by atoms with Gasteiger partial charge < -0.3 is 14.7 Å². The van der Waals surface area contributed by atoms with E-state index in [9.17, 15) is 22.8 Å². The Morgan fingerprint density at radius 3 is 2.35 bits per heavy atom. The monoisotopic (exact) mass is 391 g/mol. The van der Waals surface area contributed by atoms with Gasteiger partial charge in [-0.05, 0) is 25.2 Å². The van der Waals surface area contributed by atoms with Gasteiger partial charge in [0.25, 0.3) is 0 Å². The number of halogens is 4. The van der Waals surface area contributed by atoms with Crippen LogP contribution in [0.3, 0.4) is 0 Å². The van der Waals surface area contributed by atoms with Crippen molar-refractivity contribution in [3.63, 3.8) is 0 Å². The molecule has 0 aliphatic carbocycles. The molecule has 0 N–H and O–H groups in total. The molecule has 9 heteroatoms. The van der Waals surface area contributed by atoms with Gasteiger partial charge in [0.05, 0.1) is 10.6 Å². The van der Waals surface area contributed by atoms with Gasteiger partial charge in [-0.3, -0.25) is 9.59 Å². The normalized spacial score (nSPS) is 15.8. The van der Waals surface area contributed by atoms with Gasteiger partial charge in [-0.1, -0.05) is 11.6 Å². The molecule has 0 spiro atoms. The predicted molar refractivity (Wildman–Crippen MR) is 93.2 cm³/mol. The molecule has 0 radical (unpaired) electrons. The van der Waals surface area contributed by atoms with E-state index in [1.54, 1.807) is 4.90 Å². The number of likely N-dealkylation sites (N-methyl/N-ethyl adjacent to an activating group) is 1. The van der Waals surface area contributed by atoms with Crippen molar-refractivity contribution in [1.82, 2.24) is 9.80 Å². The molecule has 1 aromatic carbocycles. The molecule has 1 aromatic rings. The summed E-state index contributed by atoms with van der Waals surface area (Å²) in [4.78, 5) is 29.2. The van der Waals surface area contributed by atoms with Crippen molar-refractivity contribution < 1.29 is 22.8 Å². The minimum atomic E-state index is -4.62. The summed E-state index contributed by atoms with van der Waals surface area (Å²) in [5.74, 6) is -0.555. The lowest BCUT2D eigenvalue weighted by molar-refractivity contribution is -0.137. The van der Waals surface area contributed by atoms with Crippen LogP contribution < -0.4 is 4.90 Å². The van der Waals surface area contributed by atoms with Crippen LogP contribution in [0.1, 0.15) is 18.9 Å². The number of anilines is 1. The molecule has 144 valence electrons. The number of carbonyl (C=O) groups excluding carboxylic acids is 2. The minimum Gasteiger partial charge on any atom is -0.340 e. The highest BCUT2D eigenvalue weighted by molar-refractivity contribution is 6.31. The number of hydrogen-bond acceptors (Lipinski definition) is 3. The Kier molecular flexibility index (Phi) is 6.52. The zero-order valence-corrected chi connectivity index (χ0v) is 15.4.